The maximum atomic E-state index is 12.5. The van der Waals surface area contributed by atoms with Gasteiger partial charge in [0.25, 0.3) is 5.91 Å². The summed E-state index contributed by atoms with van der Waals surface area (Å²) < 4.78 is 62.5. The second kappa shape index (κ2) is 8.69. The monoisotopic (exact) mass is 456 g/mol. The van der Waals surface area contributed by atoms with Crippen LogP contribution in [-0.2, 0) is 19.6 Å². The number of aromatic nitrogens is 2. The van der Waals surface area contributed by atoms with Crippen molar-refractivity contribution in [3.05, 3.63) is 17.5 Å². The molecule has 0 unspecified atom stereocenters. The van der Waals surface area contributed by atoms with Crippen molar-refractivity contribution in [1.29, 1.82) is 0 Å². The quantitative estimate of drug-likeness (QED) is 0.590. The van der Waals surface area contributed by atoms with Crippen molar-refractivity contribution < 1.29 is 45.8 Å². The first-order valence-electron chi connectivity index (χ1n) is 8.46. The van der Waals surface area contributed by atoms with Gasteiger partial charge in [-0.1, -0.05) is 0 Å². The van der Waals surface area contributed by atoms with Crippen LogP contribution in [0.2, 0.25) is 0 Å². The molecule has 0 aliphatic carbocycles. The number of halogens is 3. The molecule has 0 spiro atoms. The van der Waals surface area contributed by atoms with Gasteiger partial charge in [0.05, 0.1) is 25.0 Å². The van der Waals surface area contributed by atoms with Gasteiger partial charge >= 0.3 is 12.1 Å². The number of carbonyl (C=O) groups is 3. The average Bonchev–Trinajstić information content (AvgIpc) is 3.26. The number of hydrogen-bond acceptors (Lipinski definition) is 7. The number of hydrogen-bond donors (Lipinski definition) is 2. The Labute approximate surface area is 168 Å². The lowest BCUT2D eigenvalue weighted by molar-refractivity contribution is -0.192. The summed E-state index contributed by atoms with van der Waals surface area (Å²) in [5.41, 5.74) is 0.402. The topological polar surface area (TPSA) is 150 Å². The summed E-state index contributed by atoms with van der Waals surface area (Å²) >= 11 is 0. The Kier molecular flexibility index (Phi) is 6.88. The highest BCUT2D eigenvalue weighted by molar-refractivity contribution is 7.88. The Hall–Kier alpha value is -2.52. The number of nitrogens with zero attached hydrogens (tertiary/aromatic N) is 3. The van der Waals surface area contributed by atoms with Crippen LogP contribution >= 0.6 is 0 Å². The molecule has 1 aromatic heterocycles. The molecule has 2 atom stereocenters. The molecule has 2 saturated heterocycles. The fourth-order valence-corrected chi connectivity index (χ4v) is 4.12. The summed E-state index contributed by atoms with van der Waals surface area (Å²) in [7, 11) is -3.35. The van der Waals surface area contributed by atoms with E-state index in [4.69, 9.17) is 14.6 Å². The molecule has 0 bridgehead atoms. The highest BCUT2D eigenvalue weighted by Crippen LogP contribution is 2.25. The van der Waals surface area contributed by atoms with Crippen LogP contribution in [0.4, 0.5) is 13.2 Å². The zero-order valence-electron chi connectivity index (χ0n) is 15.8. The lowest BCUT2D eigenvalue weighted by Gasteiger charge is -2.34. The SMILES string of the molecule is CC(=O)c1cc(C(=O)N2C[C@@H]3OCCN(S(C)(=O)=O)[C@@H]3C2)[nH]n1.O=C(O)C(F)(F)F. The molecule has 11 nitrogen and oxygen atoms in total. The molecule has 0 aromatic carbocycles. The second-order valence-corrected chi connectivity index (χ2v) is 8.52. The lowest BCUT2D eigenvalue weighted by atomic mass is 10.2. The smallest absolute Gasteiger partial charge is 0.475 e. The van der Waals surface area contributed by atoms with Gasteiger partial charge in [-0.3, -0.25) is 14.7 Å². The number of ketones is 1. The van der Waals surface area contributed by atoms with Crippen LogP contribution in [0.3, 0.4) is 0 Å². The highest BCUT2D eigenvalue weighted by Gasteiger charge is 2.45. The number of fused-ring (bicyclic) bond motifs is 1. The second-order valence-electron chi connectivity index (χ2n) is 6.59. The summed E-state index contributed by atoms with van der Waals surface area (Å²) in [5.74, 6) is -3.31. The summed E-state index contributed by atoms with van der Waals surface area (Å²) in [6, 6.07) is 1.03. The van der Waals surface area contributed by atoms with Crippen molar-refractivity contribution >= 4 is 27.7 Å². The van der Waals surface area contributed by atoms with Crippen LogP contribution in [0.25, 0.3) is 0 Å². The molecule has 0 radical (unpaired) electrons. The molecule has 3 rings (SSSR count). The number of aromatic amines is 1. The molecule has 30 heavy (non-hydrogen) atoms. The van der Waals surface area contributed by atoms with Crippen molar-refractivity contribution in [2.75, 3.05) is 32.5 Å². The number of likely N-dealkylation sites (tertiary alicyclic amines) is 1. The van der Waals surface area contributed by atoms with E-state index in [1.807, 2.05) is 0 Å². The first-order valence-corrected chi connectivity index (χ1v) is 10.3. The number of carbonyl (C=O) groups excluding carboxylic acids is 2. The molecular formula is C15H19F3N4O7S. The van der Waals surface area contributed by atoms with Crippen LogP contribution in [0, 0.1) is 0 Å². The molecule has 2 aliphatic rings. The summed E-state index contributed by atoms with van der Waals surface area (Å²) in [6.45, 7) is 2.54. The fourth-order valence-electron chi connectivity index (χ4n) is 3.02. The number of carboxylic acid groups (broad SMARTS) is 1. The van der Waals surface area contributed by atoms with Crippen molar-refractivity contribution in [2.45, 2.75) is 25.2 Å². The van der Waals surface area contributed by atoms with Gasteiger partial charge in [-0.15, -0.1) is 0 Å². The number of nitrogens with one attached hydrogen (secondary N) is 1. The maximum Gasteiger partial charge on any atom is 0.490 e. The highest BCUT2D eigenvalue weighted by atomic mass is 32.2. The third kappa shape index (κ3) is 5.54. The van der Waals surface area contributed by atoms with Gasteiger partial charge in [0.2, 0.25) is 10.0 Å². The number of sulfonamides is 1. The minimum Gasteiger partial charge on any atom is -0.475 e. The van der Waals surface area contributed by atoms with Gasteiger partial charge in [-0.05, 0) is 6.07 Å². The van der Waals surface area contributed by atoms with Crippen molar-refractivity contribution in [1.82, 2.24) is 19.4 Å². The van der Waals surface area contributed by atoms with Crippen LogP contribution in [0.1, 0.15) is 27.9 Å². The predicted molar refractivity (Wildman–Crippen MR) is 93.3 cm³/mol. The molecule has 1 aromatic rings. The molecule has 15 heteroatoms. The molecule has 3 heterocycles. The van der Waals surface area contributed by atoms with E-state index in [0.29, 0.717) is 19.7 Å². The van der Waals surface area contributed by atoms with Gasteiger partial charge in [-0.2, -0.15) is 22.6 Å². The van der Waals surface area contributed by atoms with Crippen molar-refractivity contribution in [3.63, 3.8) is 0 Å². The third-order valence-corrected chi connectivity index (χ3v) is 5.68. The number of Topliss-reactive ketones (excluding diaryl/α,β-unsaturated/α-hetero) is 1. The van der Waals surface area contributed by atoms with Crippen LogP contribution in [0.5, 0.6) is 0 Å². The average molecular weight is 456 g/mol. The lowest BCUT2D eigenvalue weighted by Crippen LogP contribution is -2.52. The molecule has 168 valence electrons. The summed E-state index contributed by atoms with van der Waals surface area (Å²) in [5, 5.41) is 13.5. The Morgan fingerprint density at radius 1 is 1.30 bits per heavy atom. The van der Waals surface area contributed by atoms with Crippen LogP contribution < -0.4 is 0 Å². The predicted octanol–water partition coefficient (Wildman–Crippen LogP) is -0.270. The van der Waals surface area contributed by atoms with E-state index < -0.39 is 22.2 Å². The number of carboxylic acids is 1. The number of rotatable bonds is 3. The molecule has 2 aliphatic heterocycles. The normalized spacial score (nSPS) is 22.1. The standard InChI is InChI=1S/C13H18N4O5S.C2HF3O2/c1-8(18)9-5-10(15-14-9)13(19)16-6-11-12(7-16)22-4-3-17(11)23(2,20)21;3-2(4,5)1(6)7/h5,11-12H,3-4,6-7H2,1-2H3,(H,14,15);(H,6,7)/t11-,12+;/m1./s1. The van der Waals surface area contributed by atoms with E-state index in [1.54, 1.807) is 0 Å². The van der Waals surface area contributed by atoms with Gasteiger partial charge in [0.15, 0.2) is 5.78 Å². The molecule has 2 N–H and O–H groups in total. The number of H-pyrrole nitrogens is 1. The molecule has 0 saturated carbocycles. The van der Waals surface area contributed by atoms with E-state index in [0.717, 1.165) is 6.26 Å². The first-order chi connectivity index (χ1) is 13.7. The van der Waals surface area contributed by atoms with Gasteiger partial charge < -0.3 is 14.7 Å². The number of alkyl halides is 3. The maximum absolute atomic E-state index is 12.5. The largest absolute Gasteiger partial charge is 0.490 e. The minimum atomic E-state index is -5.08. The molecule has 2 fully saturated rings. The van der Waals surface area contributed by atoms with Crippen LogP contribution in [-0.4, -0.2) is 101 Å². The Morgan fingerprint density at radius 2 is 1.90 bits per heavy atom. The number of ether oxygens (including phenoxy) is 1. The van der Waals surface area contributed by atoms with Gasteiger partial charge in [0, 0.05) is 26.6 Å². The number of amides is 1. The fraction of sp³-hybridized carbons (Fsp3) is 0.600. The van der Waals surface area contributed by atoms with Crippen molar-refractivity contribution in [3.8, 4) is 0 Å². The van der Waals surface area contributed by atoms with E-state index in [9.17, 15) is 31.2 Å². The molecular weight excluding hydrogens is 437 g/mol. The van der Waals surface area contributed by atoms with Gasteiger partial charge in [-0.25, -0.2) is 13.2 Å². The third-order valence-electron chi connectivity index (χ3n) is 4.38. The van der Waals surface area contributed by atoms with E-state index in [1.165, 1.54) is 22.2 Å². The Bertz CT molecular complexity index is 931. The Morgan fingerprint density at radius 3 is 2.37 bits per heavy atom. The van der Waals surface area contributed by atoms with Gasteiger partial charge in [0.1, 0.15) is 11.4 Å². The zero-order valence-corrected chi connectivity index (χ0v) is 16.7. The Balaban J connectivity index is 0.000000396. The minimum absolute atomic E-state index is 0.193. The van der Waals surface area contributed by atoms with Crippen LogP contribution in [0.15, 0.2) is 6.07 Å². The summed E-state index contributed by atoms with van der Waals surface area (Å²) in [4.78, 5) is 34.2. The zero-order chi connectivity index (χ0) is 22.9. The van der Waals surface area contributed by atoms with E-state index in [2.05, 4.69) is 10.2 Å². The first kappa shape index (κ1) is 23.8. The molecule has 1 amide bonds. The van der Waals surface area contributed by atoms with E-state index in [-0.39, 0.29) is 41.8 Å². The number of morpholine rings is 1. The van der Waals surface area contributed by atoms with Crippen molar-refractivity contribution in [2.24, 2.45) is 0 Å². The van der Waals surface area contributed by atoms with E-state index >= 15 is 0 Å². The number of aliphatic carboxylic acids is 1. The summed E-state index contributed by atoms with van der Waals surface area (Å²) in [6.07, 6.45) is -4.26.